The van der Waals surface area contributed by atoms with Gasteiger partial charge in [-0.2, -0.15) is 0 Å². The third kappa shape index (κ3) is 27.6. The third-order valence-corrected chi connectivity index (χ3v) is 7.57. The van der Waals surface area contributed by atoms with Gasteiger partial charge in [-0.05, 0) is 25.7 Å². The summed E-state index contributed by atoms with van der Waals surface area (Å²) in [4.78, 5) is 36.4. The molecule has 0 saturated carbocycles. The molecule has 0 aromatic rings. The van der Waals surface area contributed by atoms with E-state index in [9.17, 15) is 19.5 Å². The minimum Gasteiger partial charge on any atom is -0.544 e. The molecule has 0 spiro atoms. The fraction of sp³-hybridized carbons (Fsp3) is 0.757. The summed E-state index contributed by atoms with van der Waals surface area (Å²) in [6, 6.07) is -0.735. The van der Waals surface area contributed by atoms with Crippen molar-refractivity contribution in [1.82, 2.24) is 0 Å². The Balaban J connectivity index is 4.53. The summed E-state index contributed by atoms with van der Waals surface area (Å²) in [6.07, 6.45) is 29.2. The van der Waals surface area contributed by atoms with E-state index in [2.05, 4.69) is 32.1 Å². The van der Waals surface area contributed by atoms with Crippen molar-refractivity contribution in [2.45, 2.75) is 142 Å². The zero-order chi connectivity index (χ0) is 33.6. The Kier molecular flexibility index (Phi) is 27.4. The molecule has 0 saturated heterocycles. The van der Waals surface area contributed by atoms with Crippen molar-refractivity contribution in [1.29, 1.82) is 0 Å². The Bertz CT molecular complexity index is 844. The molecule has 0 aliphatic heterocycles. The number of allylic oxidation sites excluding steroid dienone is 5. The molecule has 0 aliphatic rings. The molecule has 0 N–H and O–H groups in total. The van der Waals surface area contributed by atoms with Gasteiger partial charge in [0.15, 0.2) is 6.10 Å². The second-order valence-corrected chi connectivity index (χ2v) is 12.7. The number of carbonyl (C=O) groups excluding carboxylic acids is 3. The van der Waals surface area contributed by atoms with Gasteiger partial charge >= 0.3 is 11.9 Å². The second kappa shape index (κ2) is 29.0. The number of quaternary nitrogens is 1. The van der Waals surface area contributed by atoms with Crippen LogP contribution in [0.5, 0.6) is 0 Å². The van der Waals surface area contributed by atoms with Crippen LogP contribution >= 0.6 is 0 Å². The first-order valence-corrected chi connectivity index (χ1v) is 17.5. The van der Waals surface area contributed by atoms with Crippen molar-refractivity contribution < 1.29 is 38.2 Å². The van der Waals surface area contributed by atoms with Crippen LogP contribution in [0, 0.1) is 0 Å². The topological polar surface area (TPSA) is 102 Å². The number of esters is 2. The number of hydrogen-bond acceptors (Lipinski definition) is 7. The van der Waals surface area contributed by atoms with E-state index in [1.54, 1.807) is 27.2 Å². The van der Waals surface area contributed by atoms with Crippen LogP contribution in [0.1, 0.15) is 129 Å². The van der Waals surface area contributed by atoms with E-state index >= 15 is 0 Å². The fourth-order valence-corrected chi connectivity index (χ4v) is 4.84. The molecule has 0 heterocycles. The largest absolute Gasteiger partial charge is 0.544 e. The minimum absolute atomic E-state index is 0.00621. The molecule has 8 nitrogen and oxygen atoms in total. The second-order valence-electron chi connectivity index (χ2n) is 12.7. The van der Waals surface area contributed by atoms with Crippen LogP contribution < -0.4 is 5.11 Å². The summed E-state index contributed by atoms with van der Waals surface area (Å²) < 4.78 is 16.9. The lowest BCUT2D eigenvalue weighted by Gasteiger charge is -2.34. The highest BCUT2D eigenvalue weighted by molar-refractivity contribution is 5.71. The van der Waals surface area contributed by atoms with E-state index in [4.69, 9.17) is 14.2 Å². The van der Waals surface area contributed by atoms with Crippen LogP contribution in [0.15, 0.2) is 36.5 Å². The lowest BCUT2D eigenvalue weighted by atomic mass is 10.0. The van der Waals surface area contributed by atoms with E-state index in [0.717, 1.165) is 38.5 Å². The molecule has 260 valence electrons. The number of rotatable bonds is 30. The van der Waals surface area contributed by atoms with Gasteiger partial charge in [-0.1, -0.05) is 121 Å². The Morgan fingerprint density at radius 3 is 1.76 bits per heavy atom. The number of aliphatic carboxylic acids is 1. The highest BCUT2D eigenvalue weighted by Crippen LogP contribution is 2.13. The first-order valence-electron chi connectivity index (χ1n) is 17.5. The third-order valence-electron chi connectivity index (χ3n) is 7.57. The minimum atomic E-state index is -1.14. The highest BCUT2D eigenvalue weighted by Gasteiger charge is 2.25. The van der Waals surface area contributed by atoms with Crippen molar-refractivity contribution in [2.75, 3.05) is 41.0 Å². The van der Waals surface area contributed by atoms with Crippen molar-refractivity contribution in [3.63, 3.8) is 0 Å². The number of carboxylic acids is 1. The maximum Gasteiger partial charge on any atom is 0.310 e. The molecular formula is C37H65NO7. The van der Waals surface area contributed by atoms with E-state index in [-0.39, 0.29) is 43.1 Å². The number of nitrogens with zero attached hydrogens (tertiary/aromatic N) is 1. The summed E-state index contributed by atoms with van der Waals surface area (Å²) in [5.41, 5.74) is 0. The van der Waals surface area contributed by atoms with Gasteiger partial charge in [0.25, 0.3) is 0 Å². The van der Waals surface area contributed by atoms with Gasteiger partial charge in [0.2, 0.25) is 0 Å². The number of ether oxygens (including phenoxy) is 3. The van der Waals surface area contributed by atoms with E-state index in [1.165, 1.54) is 57.8 Å². The molecule has 0 aliphatic carbocycles. The number of carboxylic acid groups (broad SMARTS) is 1. The Morgan fingerprint density at radius 1 is 0.689 bits per heavy atom. The lowest BCUT2D eigenvalue weighted by molar-refractivity contribution is -0.889. The molecular weight excluding hydrogens is 570 g/mol. The van der Waals surface area contributed by atoms with Gasteiger partial charge < -0.3 is 28.6 Å². The molecule has 8 heteroatoms. The van der Waals surface area contributed by atoms with Gasteiger partial charge in [-0.25, -0.2) is 0 Å². The summed E-state index contributed by atoms with van der Waals surface area (Å²) in [5, 5.41) is 11.5. The Hall–Kier alpha value is -2.45. The number of unbranched alkanes of at least 4 members (excludes halogenated alkanes) is 11. The zero-order valence-electron chi connectivity index (χ0n) is 29.3. The van der Waals surface area contributed by atoms with Gasteiger partial charge in [0.1, 0.15) is 12.6 Å². The summed E-state index contributed by atoms with van der Waals surface area (Å²) >= 11 is 0. The first-order chi connectivity index (χ1) is 21.6. The summed E-state index contributed by atoms with van der Waals surface area (Å²) in [6.45, 7) is 4.40. The Labute approximate surface area is 274 Å². The number of hydrogen-bond donors (Lipinski definition) is 0. The van der Waals surface area contributed by atoms with Crippen LogP contribution in [0.3, 0.4) is 0 Å². The number of likely N-dealkylation sites (N-methyl/N-ethyl adjacent to an activating group) is 1. The van der Waals surface area contributed by atoms with Crippen molar-refractivity contribution in [2.24, 2.45) is 0 Å². The quantitative estimate of drug-likeness (QED) is 0.0362. The SMILES string of the molecule is CC/C=C/C/C=C/C/C=C/CC(=O)OC(COCCC(C(=O)[O-])[N+](C)(C)C)COC(=O)CCCCCCCCCCCCCC. The molecule has 2 atom stereocenters. The normalized spacial score (nSPS) is 13.5. The summed E-state index contributed by atoms with van der Waals surface area (Å²) in [7, 11) is 5.36. The first kappa shape index (κ1) is 42.6. The zero-order valence-corrected chi connectivity index (χ0v) is 29.3. The van der Waals surface area contributed by atoms with E-state index < -0.39 is 24.1 Å². The lowest BCUT2D eigenvalue weighted by Crippen LogP contribution is -2.55. The van der Waals surface area contributed by atoms with Crippen LogP contribution in [0.25, 0.3) is 0 Å². The number of carbonyl (C=O) groups is 3. The molecule has 2 unspecified atom stereocenters. The molecule has 0 rings (SSSR count). The van der Waals surface area contributed by atoms with Crippen LogP contribution in [-0.2, 0) is 28.6 Å². The predicted octanol–water partition coefficient (Wildman–Crippen LogP) is 7.01. The Morgan fingerprint density at radius 2 is 1.22 bits per heavy atom. The maximum absolute atomic E-state index is 12.5. The standard InChI is InChI=1S/C37H65NO7/c1-6-8-10-12-14-16-17-18-20-21-23-25-27-35(39)44-32-33(31-43-30-29-34(37(41)42)38(3,4)5)45-36(40)28-26-24-22-19-15-13-11-9-7-2/h9,11,15,19,24,26,33-34H,6-8,10,12-14,16-18,20-23,25,27-32H2,1-5H3/b11-9+,19-15+,26-24+. The molecule has 0 aromatic heterocycles. The molecule has 0 radical (unpaired) electrons. The van der Waals surface area contributed by atoms with Crippen LogP contribution in [0.2, 0.25) is 0 Å². The predicted molar refractivity (Wildman–Crippen MR) is 180 cm³/mol. The average Bonchev–Trinajstić information content (AvgIpc) is 2.98. The molecule has 0 aromatic carbocycles. The van der Waals surface area contributed by atoms with Gasteiger partial charge in [0, 0.05) is 12.8 Å². The van der Waals surface area contributed by atoms with Crippen molar-refractivity contribution in [3.05, 3.63) is 36.5 Å². The van der Waals surface area contributed by atoms with Crippen molar-refractivity contribution >= 4 is 17.9 Å². The van der Waals surface area contributed by atoms with Gasteiger partial charge in [-0.15, -0.1) is 0 Å². The average molecular weight is 636 g/mol. The van der Waals surface area contributed by atoms with Crippen LogP contribution in [0.4, 0.5) is 0 Å². The van der Waals surface area contributed by atoms with E-state index in [1.807, 2.05) is 12.2 Å². The smallest absolute Gasteiger partial charge is 0.310 e. The van der Waals surface area contributed by atoms with E-state index in [0.29, 0.717) is 6.42 Å². The van der Waals surface area contributed by atoms with Crippen molar-refractivity contribution in [3.8, 4) is 0 Å². The molecule has 0 fully saturated rings. The highest BCUT2D eigenvalue weighted by atomic mass is 16.6. The van der Waals surface area contributed by atoms with Gasteiger partial charge in [-0.3, -0.25) is 9.59 Å². The monoisotopic (exact) mass is 635 g/mol. The van der Waals surface area contributed by atoms with Gasteiger partial charge in [0.05, 0.1) is 46.7 Å². The fourth-order valence-electron chi connectivity index (χ4n) is 4.84. The molecule has 0 bridgehead atoms. The molecule has 0 amide bonds. The maximum atomic E-state index is 12.5. The van der Waals surface area contributed by atoms with Crippen LogP contribution in [-0.4, -0.2) is 75.5 Å². The molecule has 45 heavy (non-hydrogen) atoms. The summed E-state index contributed by atoms with van der Waals surface area (Å²) in [5.74, 6) is -1.89.